The molecule has 17 heavy (non-hydrogen) atoms. The summed E-state index contributed by atoms with van der Waals surface area (Å²) in [6, 6.07) is 6.87. The first-order valence-corrected chi connectivity index (χ1v) is 5.99. The molecule has 0 aliphatic rings. The fraction of sp³-hybridized carbons (Fsp3) is 0.167. The van der Waals surface area contributed by atoms with Crippen LogP contribution < -0.4 is 5.32 Å². The Balaban J connectivity index is 2.29. The van der Waals surface area contributed by atoms with Crippen LogP contribution in [-0.4, -0.2) is 17.0 Å². The van der Waals surface area contributed by atoms with Crippen LogP contribution in [0.2, 0.25) is 0 Å². The maximum atomic E-state index is 13.7. The van der Waals surface area contributed by atoms with Crippen LogP contribution in [0.5, 0.6) is 0 Å². The molecule has 0 aliphatic carbocycles. The number of halogens is 1. The first-order chi connectivity index (χ1) is 8.31. The fourth-order valence-corrected chi connectivity index (χ4v) is 2.33. The lowest BCUT2D eigenvalue weighted by molar-refractivity contribution is 0.593. The maximum Gasteiger partial charge on any atom is 0.128 e. The van der Waals surface area contributed by atoms with Crippen LogP contribution in [0.15, 0.2) is 46.7 Å². The molecule has 2 rings (SSSR count). The number of nitrogens with zero attached hydrogens (tertiary/aromatic N) is 2. The second kappa shape index (κ2) is 5.75. The summed E-state index contributed by atoms with van der Waals surface area (Å²) in [7, 11) is 1.80. The second-order valence-electron chi connectivity index (χ2n) is 3.40. The van der Waals surface area contributed by atoms with Crippen LogP contribution in [-0.2, 0) is 6.54 Å². The standard InChI is InChI=1S/C12H12FN3S/c1-14-7-9-10(13)3-2-4-11(9)17-12-5-6-15-8-16-12/h2-6,8,14H,7H2,1H3. The summed E-state index contributed by atoms with van der Waals surface area (Å²) >= 11 is 1.44. The summed E-state index contributed by atoms with van der Waals surface area (Å²) in [5, 5.41) is 3.77. The van der Waals surface area contributed by atoms with E-state index in [1.165, 1.54) is 24.2 Å². The quantitative estimate of drug-likeness (QED) is 0.845. The van der Waals surface area contributed by atoms with E-state index in [0.717, 1.165) is 9.92 Å². The summed E-state index contributed by atoms with van der Waals surface area (Å²) in [5.74, 6) is -0.196. The molecule has 88 valence electrons. The van der Waals surface area contributed by atoms with Crippen molar-refractivity contribution in [3.8, 4) is 0 Å². The zero-order valence-corrected chi connectivity index (χ0v) is 10.2. The van der Waals surface area contributed by atoms with Crippen LogP contribution in [0.25, 0.3) is 0 Å². The Kier molecular flexibility index (Phi) is 4.06. The van der Waals surface area contributed by atoms with Crippen molar-refractivity contribution in [1.29, 1.82) is 0 Å². The molecule has 0 unspecified atom stereocenters. The van der Waals surface area contributed by atoms with Crippen LogP contribution in [0.4, 0.5) is 4.39 Å². The van der Waals surface area contributed by atoms with Gasteiger partial charge in [-0.1, -0.05) is 17.8 Å². The normalized spacial score (nSPS) is 10.5. The molecule has 0 saturated heterocycles. The molecule has 1 heterocycles. The van der Waals surface area contributed by atoms with Crippen molar-refractivity contribution in [3.63, 3.8) is 0 Å². The first-order valence-electron chi connectivity index (χ1n) is 5.17. The van der Waals surface area contributed by atoms with Gasteiger partial charge in [-0.2, -0.15) is 0 Å². The Morgan fingerprint density at radius 2 is 2.24 bits per heavy atom. The molecule has 3 nitrogen and oxygen atoms in total. The average Bonchev–Trinajstić information content (AvgIpc) is 2.35. The average molecular weight is 249 g/mol. The van der Waals surface area contributed by atoms with Crippen molar-refractivity contribution in [2.24, 2.45) is 0 Å². The van der Waals surface area contributed by atoms with Gasteiger partial charge in [0, 0.05) is 23.2 Å². The lowest BCUT2D eigenvalue weighted by Gasteiger charge is -2.09. The summed E-state index contributed by atoms with van der Waals surface area (Å²) in [4.78, 5) is 8.84. The van der Waals surface area contributed by atoms with Gasteiger partial charge in [0.25, 0.3) is 0 Å². The van der Waals surface area contributed by atoms with Crippen LogP contribution in [0.3, 0.4) is 0 Å². The number of hydrogen-bond donors (Lipinski definition) is 1. The molecule has 0 amide bonds. The smallest absolute Gasteiger partial charge is 0.128 e. The third kappa shape index (κ3) is 3.01. The van der Waals surface area contributed by atoms with Gasteiger partial charge < -0.3 is 5.32 Å². The number of nitrogens with one attached hydrogen (secondary N) is 1. The molecule has 0 aliphatic heterocycles. The molecule has 0 spiro atoms. The third-order valence-corrected chi connectivity index (χ3v) is 3.25. The first kappa shape index (κ1) is 12.0. The van der Waals surface area contributed by atoms with Crippen molar-refractivity contribution in [2.75, 3.05) is 7.05 Å². The summed E-state index contributed by atoms with van der Waals surface area (Å²) < 4.78 is 13.7. The number of benzene rings is 1. The van der Waals surface area contributed by atoms with Gasteiger partial charge in [0.1, 0.15) is 17.2 Å². The highest BCUT2D eigenvalue weighted by Gasteiger charge is 2.09. The highest BCUT2D eigenvalue weighted by atomic mass is 32.2. The van der Waals surface area contributed by atoms with E-state index in [2.05, 4.69) is 15.3 Å². The van der Waals surface area contributed by atoms with E-state index >= 15 is 0 Å². The van der Waals surface area contributed by atoms with Crippen LogP contribution >= 0.6 is 11.8 Å². The van der Waals surface area contributed by atoms with Crippen molar-refractivity contribution < 1.29 is 4.39 Å². The SMILES string of the molecule is CNCc1c(F)cccc1Sc1ccncn1. The molecular weight excluding hydrogens is 237 g/mol. The summed E-state index contributed by atoms with van der Waals surface area (Å²) in [6.45, 7) is 0.500. The fourth-order valence-electron chi connectivity index (χ4n) is 1.43. The third-order valence-electron chi connectivity index (χ3n) is 2.20. The largest absolute Gasteiger partial charge is 0.316 e. The van der Waals surface area contributed by atoms with Crippen molar-refractivity contribution in [2.45, 2.75) is 16.5 Å². The van der Waals surface area contributed by atoms with Gasteiger partial charge >= 0.3 is 0 Å². The zero-order valence-electron chi connectivity index (χ0n) is 9.35. The van der Waals surface area contributed by atoms with Crippen molar-refractivity contribution in [3.05, 3.63) is 48.2 Å². The predicted octanol–water partition coefficient (Wildman–Crippen LogP) is 2.49. The van der Waals surface area contributed by atoms with E-state index in [4.69, 9.17) is 0 Å². The molecule has 1 aromatic carbocycles. The van der Waals surface area contributed by atoms with Gasteiger partial charge in [-0.05, 0) is 25.2 Å². The van der Waals surface area contributed by atoms with Crippen molar-refractivity contribution in [1.82, 2.24) is 15.3 Å². The molecule has 5 heteroatoms. The van der Waals surface area contributed by atoms with E-state index in [9.17, 15) is 4.39 Å². The minimum atomic E-state index is -0.196. The topological polar surface area (TPSA) is 37.8 Å². The van der Waals surface area contributed by atoms with Gasteiger partial charge in [0.05, 0.1) is 0 Å². The molecule has 0 fully saturated rings. The molecule has 2 aromatic rings. The van der Waals surface area contributed by atoms with Gasteiger partial charge in [0.15, 0.2) is 0 Å². The second-order valence-corrected chi connectivity index (χ2v) is 4.46. The zero-order chi connectivity index (χ0) is 12.1. The molecule has 0 radical (unpaired) electrons. The van der Waals surface area contributed by atoms with E-state index in [0.29, 0.717) is 12.1 Å². The predicted molar refractivity (Wildman–Crippen MR) is 65.3 cm³/mol. The lowest BCUT2D eigenvalue weighted by atomic mass is 10.2. The number of aromatic nitrogens is 2. The van der Waals surface area contributed by atoms with Gasteiger partial charge in [-0.15, -0.1) is 0 Å². The highest BCUT2D eigenvalue weighted by molar-refractivity contribution is 7.99. The molecule has 0 atom stereocenters. The van der Waals surface area contributed by atoms with Crippen molar-refractivity contribution >= 4 is 11.8 Å². The Morgan fingerprint density at radius 1 is 1.35 bits per heavy atom. The minimum absolute atomic E-state index is 0.196. The number of rotatable bonds is 4. The Bertz CT molecular complexity index is 490. The minimum Gasteiger partial charge on any atom is -0.316 e. The Hall–Kier alpha value is -1.46. The van der Waals surface area contributed by atoms with Gasteiger partial charge in [0.2, 0.25) is 0 Å². The Morgan fingerprint density at radius 3 is 2.94 bits per heavy atom. The Labute approximate surface area is 103 Å². The van der Waals surface area contributed by atoms with E-state index in [-0.39, 0.29) is 5.82 Å². The number of hydrogen-bond acceptors (Lipinski definition) is 4. The van der Waals surface area contributed by atoms with Crippen LogP contribution in [0, 0.1) is 5.82 Å². The lowest BCUT2D eigenvalue weighted by Crippen LogP contribution is -2.08. The molecular formula is C12H12FN3S. The van der Waals surface area contributed by atoms with E-state index < -0.39 is 0 Å². The van der Waals surface area contributed by atoms with Gasteiger partial charge in [-0.3, -0.25) is 0 Å². The highest BCUT2D eigenvalue weighted by Crippen LogP contribution is 2.29. The molecule has 0 saturated carbocycles. The maximum absolute atomic E-state index is 13.7. The molecule has 1 aromatic heterocycles. The van der Waals surface area contributed by atoms with E-state index in [1.807, 2.05) is 6.07 Å². The van der Waals surface area contributed by atoms with E-state index in [1.54, 1.807) is 25.4 Å². The van der Waals surface area contributed by atoms with Gasteiger partial charge in [-0.25, -0.2) is 14.4 Å². The molecule has 1 N–H and O–H groups in total. The summed E-state index contributed by atoms with van der Waals surface area (Å²) in [5.41, 5.74) is 0.665. The molecule has 0 bridgehead atoms. The monoisotopic (exact) mass is 249 g/mol. The van der Waals surface area contributed by atoms with Crippen LogP contribution in [0.1, 0.15) is 5.56 Å². The summed E-state index contributed by atoms with van der Waals surface area (Å²) in [6.07, 6.45) is 3.16.